The first-order valence-electron chi connectivity index (χ1n) is 7.99. The van der Waals surface area contributed by atoms with Crippen LogP contribution >= 0.6 is 0 Å². The number of nitro benzene ring substituents is 1. The molecular weight excluding hydrogens is 338 g/mol. The van der Waals surface area contributed by atoms with Crippen molar-refractivity contribution in [2.75, 3.05) is 6.79 Å². The maximum Gasteiger partial charge on any atom is 0.271 e. The maximum absolute atomic E-state index is 12.1. The molecule has 0 bridgehead atoms. The Bertz CT molecular complexity index is 879. The average Bonchev–Trinajstić information content (AvgIpc) is 3.12. The highest BCUT2D eigenvalue weighted by atomic mass is 16.7. The second kappa shape index (κ2) is 7.64. The summed E-state index contributed by atoms with van der Waals surface area (Å²) in [7, 11) is 0. The Morgan fingerprint density at radius 2 is 2.04 bits per heavy atom. The SMILES string of the molecule is C/C(CCc1ccc2c(c1)OCO2)=N\NC(=O)c1cccc([N+](=O)[O-])c1. The van der Waals surface area contributed by atoms with E-state index in [9.17, 15) is 14.9 Å². The molecule has 0 fully saturated rings. The fraction of sp³-hybridized carbons (Fsp3) is 0.222. The minimum absolute atomic E-state index is 0.138. The standard InChI is InChI=1S/C18H17N3O5/c1-12(5-6-13-7-8-16-17(9-13)26-11-25-16)19-20-18(22)14-3-2-4-15(10-14)21(23)24/h2-4,7-10H,5-6,11H2,1H3,(H,20,22)/b19-12+. The summed E-state index contributed by atoms with van der Waals surface area (Å²) >= 11 is 0. The Balaban J connectivity index is 1.55. The third kappa shape index (κ3) is 4.15. The van der Waals surface area contributed by atoms with Gasteiger partial charge >= 0.3 is 0 Å². The van der Waals surface area contributed by atoms with E-state index in [1.54, 1.807) is 6.92 Å². The second-order valence-corrected chi connectivity index (χ2v) is 5.78. The van der Waals surface area contributed by atoms with Gasteiger partial charge in [0.15, 0.2) is 11.5 Å². The number of non-ortho nitro benzene ring substituents is 1. The maximum atomic E-state index is 12.1. The van der Waals surface area contributed by atoms with Crippen molar-refractivity contribution < 1.29 is 19.2 Å². The molecule has 1 aliphatic rings. The number of rotatable bonds is 6. The van der Waals surface area contributed by atoms with Crippen molar-refractivity contribution in [3.05, 3.63) is 63.7 Å². The molecular formula is C18H17N3O5. The summed E-state index contributed by atoms with van der Waals surface area (Å²) < 4.78 is 10.6. The van der Waals surface area contributed by atoms with Crippen LogP contribution in [-0.2, 0) is 6.42 Å². The Hall–Kier alpha value is -3.42. The van der Waals surface area contributed by atoms with E-state index in [-0.39, 0.29) is 18.0 Å². The number of hydrogen-bond donors (Lipinski definition) is 1. The van der Waals surface area contributed by atoms with Crippen LogP contribution in [0.4, 0.5) is 5.69 Å². The molecule has 0 saturated carbocycles. The number of carbonyl (C=O) groups is 1. The molecule has 26 heavy (non-hydrogen) atoms. The van der Waals surface area contributed by atoms with Crippen LogP contribution < -0.4 is 14.9 Å². The molecule has 8 nitrogen and oxygen atoms in total. The summed E-state index contributed by atoms with van der Waals surface area (Å²) in [5.41, 5.74) is 4.29. The number of nitrogens with one attached hydrogen (secondary N) is 1. The van der Waals surface area contributed by atoms with E-state index >= 15 is 0 Å². The van der Waals surface area contributed by atoms with Crippen LogP contribution in [-0.4, -0.2) is 23.3 Å². The number of benzene rings is 2. The Labute approximate surface area is 149 Å². The summed E-state index contributed by atoms with van der Waals surface area (Å²) in [5, 5.41) is 14.8. The summed E-state index contributed by atoms with van der Waals surface area (Å²) in [6.07, 6.45) is 1.38. The van der Waals surface area contributed by atoms with Crippen LogP contribution in [0.2, 0.25) is 0 Å². The minimum atomic E-state index is -0.545. The van der Waals surface area contributed by atoms with Crippen LogP contribution in [0.1, 0.15) is 29.3 Å². The largest absolute Gasteiger partial charge is 0.454 e. The minimum Gasteiger partial charge on any atom is -0.454 e. The van der Waals surface area contributed by atoms with Gasteiger partial charge in [-0.25, -0.2) is 5.43 Å². The first-order chi connectivity index (χ1) is 12.5. The van der Waals surface area contributed by atoms with Gasteiger partial charge in [0.1, 0.15) is 0 Å². The summed E-state index contributed by atoms with van der Waals surface area (Å²) in [4.78, 5) is 22.3. The predicted molar refractivity (Wildman–Crippen MR) is 94.6 cm³/mol. The quantitative estimate of drug-likeness (QED) is 0.487. The van der Waals surface area contributed by atoms with Gasteiger partial charge in [0.05, 0.1) is 4.92 Å². The van der Waals surface area contributed by atoms with Gasteiger partial charge in [-0.1, -0.05) is 12.1 Å². The lowest BCUT2D eigenvalue weighted by molar-refractivity contribution is -0.384. The highest BCUT2D eigenvalue weighted by Gasteiger charge is 2.13. The lowest BCUT2D eigenvalue weighted by Crippen LogP contribution is -2.19. The first kappa shape index (κ1) is 17.4. The zero-order chi connectivity index (χ0) is 18.5. The van der Waals surface area contributed by atoms with Gasteiger partial charge in [0, 0.05) is 23.4 Å². The molecule has 134 valence electrons. The first-order valence-corrected chi connectivity index (χ1v) is 7.99. The van der Waals surface area contributed by atoms with E-state index in [2.05, 4.69) is 10.5 Å². The van der Waals surface area contributed by atoms with Gasteiger partial charge in [0.25, 0.3) is 11.6 Å². The molecule has 1 heterocycles. The van der Waals surface area contributed by atoms with E-state index < -0.39 is 10.8 Å². The molecule has 1 amide bonds. The van der Waals surface area contributed by atoms with Crippen molar-refractivity contribution in [2.45, 2.75) is 19.8 Å². The van der Waals surface area contributed by atoms with Crippen LogP contribution in [0.5, 0.6) is 11.5 Å². The van der Waals surface area contributed by atoms with E-state index in [4.69, 9.17) is 9.47 Å². The average molecular weight is 355 g/mol. The number of carbonyl (C=O) groups excluding carboxylic acids is 1. The molecule has 2 aromatic rings. The van der Waals surface area contributed by atoms with Crippen molar-refractivity contribution in [1.82, 2.24) is 5.43 Å². The van der Waals surface area contributed by atoms with Gasteiger partial charge in [-0.05, 0) is 43.5 Å². The number of nitro groups is 1. The van der Waals surface area contributed by atoms with E-state index in [0.29, 0.717) is 6.42 Å². The van der Waals surface area contributed by atoms with E-state index in [1.807, 2.05) is 18.2 Å². The number of hydrazone groups is 1. The Morgan fingerprint density at radius 1 is 1.23 bits per heavy atom. The molecule has 2 aromatic carbocycles. The highest BCUT2D eigenvalue weighted by molar-refractivity contribution is 5.95. The molecule has 0 atom stereocenters. The Kier molecular flexibility index (Phi) is 5.12. The fourth-order valence-electron chi connectivity index (χ4n) is 2.45. The van der Waals surface area contributed by atoms with Crippen LogP contribution in [0.15, 0.2) is 47.6 Å². The number of ether oxygens (including phenoxy) is 2. The van der Waals surface area contributed by atoms with E-state index in [1.165, 1.54) is 24.3 Å². The van der Waals surface area contributed by atoms with Crippen molar-refractivity contribution in [3.8, 4) is 11.5 Å². The van der Waals surface area contributed by atoms with Gasteiger partial charge in [-0.15, -0.1) is 0 Å². The summed E-state index contributed by atoms with van der Waals surface area (Å²) in [5.74, 6) is 0.982. The highest BCUT2D eigenvalue weighted by Crippen LogP contribution is 2.32. The number of aryl methyl sites for hydroxylation is 1. The third-order valence-electron chi connectivity index (χ3n) is 3.88. The fourth-order valence-corrected chi connectivity index (χ4v) is 2.45. The normalized spacial score (nSPS) is 12.7. The summed E-state index contributed by atoms with van der Waals surface area (Å²) in [6.45, 7) is 2.05. The molecule has 0 spiro atoms. The number of hydrogen-bond acceptors (Lipinski definition) is 6. The van der Waals surface area contributed by atoms with Gasteiger partial charge in [0.2, 0.25) is 6.79 Å². The molecule has 0 radical (unpaired) electrons. The van der Waals surface area contributed by atoms with Crippen LogP contribution in [0.3, 0.4) is 0 Å². The zero-order valence-corrected chi connectivity index (χ0v) is 14.1. The number of nitrogens with zero attached hydrogens (tertiary/aromatic N) is 2. The van der Waals surface area contributed by atoms with Gasteiger partial charge in [-0.2, -0.15) is 5.10 Å². The second-order valence-electron chi connectivity index (χ2n) is 5.78. The number of fused-ring (bicyclic) bond motifs is 1. The van der Waals surface area contributed by atoms with Gasteiger partial charge in [-0.3, -0.25) is 14.9 Å². The molecule has 0 aliphatic carbocycles. The third-order valence-corrected chi connectivity index (χ3v) is 3.88. The monoisotopic (exact) mass is 355 g/mol. The molecule has 1 aliphatic heterocycles. The van der Waals surface area contributed by atoms with Crippen molar-refractivity contribution in [1.29, 1.82) is 0 Å². The zero-order valence-electron chi connectivity index (χ0n) is 14.1. The van der Waals surface area contributed by atoms with Crippen molar-refractivity contribution >= 4 is 17.3 Å². The van der Waals surface area contributed by atoms with Crippen LogP contribution in [0.25, 0.3) is 0 Å². The lowest BCUT2D eigenvalue weighted by Gasteiger charge is -2.04. The topological polar surface area (TPSA) is 103 Å². The summed E-state index contributed by atoms with van der Waals surface area (Å²) in [6, 6.07) is 11.3. The molecule has 3 rings (SSSR count). The molecule has 8 heteroatoms. The molecule has 0 saturated heterocycles. The Morgan fingerprint density at radius 3 is 2.85 bits per heavy atom. The van der Waals surface area contributed by atoms with Crippen molar-refractivity contribution in [3.63, 3.8) is 0 Å². The van der Waals surface area contributed by atoms with E-state index in [0.717, 1.165) is 29.2 Å². The molecule has 0 aromatic heterocycles. The van der Waals surface area contributed by atoms with Crippen LogP contribution in [0, 0.1) is 10.1 Å². The number of amides is 1. The van der Waals surface area contributed by atoms with Gasteiger partial charge < -0.3 is 9.47 Å². The van der Waals surface area contributed by atoms with Crippen molar-refractivity contribution in [2.24, 2.45) is 5.10 Å². The molecule has 0 unspecified atom stereocenters. The predicted octanol–water partition coefficient (Wildman–Crippen LogP) is 3.06. The lowest BCUT2D eigenvalue weighted by atomic mass is 10.1. The smallest absolute Gasteiger partial charge is 0.271 e. The molecule has 1 N–H and O–H groups in total.